The van der Waals surface area contributed by atoms with Crippen molar-refractivity contribution in [3.63, 3.8) is 0 Å². The fraction of sp³-hybridized carbons (Fsp3) is 0.417. The SMILES string of the molecule is Cc1cc(C(=O)C2CCOC2)ccc1F. The molecule has 0 aliphatic carbocycles. The van der Waals surface area contributed by atoms with Gasteiger partial charge in [-0.25, -0.2) is 4.39 Å². The summed E-state index contributed by atoms with van der Waals surface area (Å²) in [6.45, 7) is 2.81. The van der Waals surface area contributed by atoms with E-state index in [0.717, 1.165) is 6.42 Å². The van der Waals surface area contributed by atoms with Crippen molar-refractivity contribution in [1.29, 1.82) is 0 Å². The maximum atomic E-state index is 13.0. The lowest BCUT2D eigenvalue weighted by Crippen LogP contribution is -2.14. The number of carbonyl (C=O) groups is 1. The van der Waals surface area contributed by atoms with E-state index in [1.165, 1.54) is 6.07 Å². The number of hydrogen-bond donors (Lipinski definition) is 0. The second kappa shape index (κ2) is 4.11. The van der Waals surface area contributed by atoms with Crippen LogP contribution in [0.3, 0.4) is 0 Å². The van der Waals surface area contributed by atoms with Crippen molar-refractivity contribution in [2.45, 2.75) is 13.3 Å². The van der Waals surface area contributed by atoms with Crippen molar-refractivity contribution < 1.29 is 13.9 Å². The monoisotopic (exact) mass is 208 g/mol. The highest BCUT2D eigenvalue weighted by molar-refractivity contribution is 5.98. The van der Waals surface area contributed by atoms with Gasteiger partial charge in [-0.05, 0) is 37.1 Å². The lowest BCUT2D eigenvalue weighted by molar-refractivity contribution is 0.0900. The van der Waals surface area contributed by atoms with E-state index in [4.69, 9.17) is 4.74 Å². The largest absolute Gasteiger partial charge is 0.381 e. The Kier molecular flexibility index (Phi) is 2.82. The minimum Gasteiger partial charge on any atom is -0.381 e. The minimum atomic E-state index is -0.269. The molecule has 3 heteroatoms. The summed E-state index contributed by atoms with van der Waals surface area (Å²) < 4.78 is 18.2. The third-order valence-electron chi connectivity index (χ3n) is 2.74. The van der Waals surface area contributed by atoms with Gasteiger partial charge < -0.3 is 4.74 Å². The first-order valence-corrected chi connectivity index (χ1v) is 5.06. The second-order valence-electron chi connectivity index (χ2n) is 3.89. The van der Waals surface area contributed by atoms with Gasteiger partial charge in [0.1, 0.15) is 5.82 Å². The molecule has 1 unspecified atom stereocenters. The van der Waals surface area contributed by atoms with Gasteiger partial charge in [-0.1, -0.05) is 0 Å². The van der Waals surface area contributed by atoms with Crippen LogP contribution in [0.25, 0.3) is 0 Å². The number of aryl methyl sites for hydroxylation is 1. The lowest BCUT2D eigenvalue weighted by Gasteiger charge is -2.07. The van der Waals surface area contributed by atoms with Gasteiger partial charge in [0.25, 0.3) is 0 Å². The van der Waals surface area contributed by atoms with Gasteiger partial charge >= 0.3 is 0 Å². The van der Waals surface area contributed by atoms with Gasteiger partial charge in [0, 0.05) is 18.1 Å². The summed E-state index contributed by atoms with van der Waals surface area (Å²) in [6.07, 6.45) is 0.773. The van der Waals surface area contributed by atoms with E-state index in [1.807, 2.05) is 0 Å². The van der Waals surface area contributed by atoms with Gasteiger partial charge in [0.05, 0.1) is 6.61 Å². The molecule has 0 saturated carbocycles. The Hall–Kier alpha value is -1.22. The quantitative estimate of drug-likeness (QED) is 0.697. The summed E-state index contributed by atoms with van der Waals surface area (Å²) in [7, 11) is 0. The van der Waals surface area contributed by atoms with Crippen LogP contribution in [-0.2, 0) is 4.74 Å². The number of halogens is 1. The minimum absolute atomic E-state index is 0.0464. The number of hydrogen-bond acceptors (Lipinski definition) is 2. The highest BCUT2D eigenvalue weighted by Crippen LogP contribution is 2.19. The van der Waals surface area contributed by atoms with Gasteiger partial charge in [-0.2, -0.15) is 0 Å². The molecule has 2 rings (SSSR count). The molecule has 1 aliphatic heterocycles. The van der Waals surface area contributed by atoms with Crippen LogP contribution in [0, 0.1) is 18.7 Å². The number of carbonyl (C=O) groups excluding carboxylic acids is 1. The molecule has 1 aromatic carbocycles. The Morgan fingerprint density at radius 3 is 2.93 bits per heavy atom. The third kappa shape index (κ3) is 2.07. The molecule has 1 heterocycles. The van der Waals surface area contributed by atoms with E-state index >= 15 is 0 Å². The Balaban J connectivity index is 2.21. The van der Waals surface area contributed by atoms with E-state index < -0.39 is 0 Å². The third-order valence-corrected chi connectivity index (χ3v) is 2.74. The average Bonchev–Trinajstić information content (AvgIpc) is 2.74. The van der Waals surface area contributed by atoms with Crippen LogP contribution in [-0.4, -0.2) is 19.0 Å². The first-order valence-electron chi connectivity index (χ1n) is 5.06. The summed E-state index contributed by atoms with van der Waals surface area (Å²) in [6, 6.07) is 4.50. The van der Waals surface area contributed by atoms with Gasteiger partial charge in [-0.15, -0.1) is 0 Å². The lowest BCUT2D eigenvalue weighted by atomic mass is 9.96. The normalized spacial score (nSPS) is 20.5. The van der Waals surface area contributed by atoms with Crippen LogP contribution in [0.5, 0.6) is 0 Å². The predicted molar refractivity (Wildman–Crippen MR) is 54.4 cm³/mol. The molecular formula is C12H13FO2. The molecule has 15 heavy (non-hydrogen) atoms. The Labute approximate surface area is 88.1 Å². The summed E-state index contributed by atoms with van der Waals surface area (Å²) in [4.78, 5) is 11.9. The van der Waals surface area contributed by atoms with E-state index in [9.17, 15) is 9.18 Å². The zero-order valence-electron chi connectivity index (χ0n) is 8.63. The first-order chi connectivity index (χ1) is 7.18. The average molecular weight is 208 g/mol. The number of ketones is 1. The van der Waals surface area contributed by atoms with Crippen molar-refractivity contribution in [2.75, 3.05) is 13.2 Å². The predicted octanol–water partition coefficient (Wildman–Crippen LogP) is 2.35. The Morgan fingerprint density at radius 1 is 1.53 bits per heavy atom. The molecular weight excluding hydrogens is 195 g/mol. The standard InChI is InChI=1S/C12H13FO2/c1-8-6-9(2-3-11(8)13)12(14)10-4-5-15-7-10/h2-3,6,10H,4-5,7H2,1H3. The van der Waals surface area contributed by atoms with E-state index in [-0.39, 0.29) is 17.5 Å². The van der Waals surface area contributed by atoms with Gasteiger partial charge in [-0.3, -0.25) is 4.79 Å². The van der Waals surface area contributed by atoms with Crippen LogP contribution in [0.15, 0.2) is 18.2 Å². The molecule has 1 atom stereocenters. The molecule has 80 valence electrons. The van der Waals surface area contributed by atoms with E-state index in [0.29, 0.717) is 24.3 Å². The Morgan fingerprint density at radius 2 is 2.33 bits per heavy atom. The van der Waals surface area contributed by atoms with Crippen molar-refractivity contribution in [2.24, 2.45) is 5.92 Å². The number of benzene rings is 1. The van der Waals surface area contributed by atoms with E-state index in [2.05, 4.69) is 0 Å². The highest BCUT2D eigenvalue weighted by atomic mass is 19.1. The fourth-order valence-electron chi connectivity index (χ4n) is 1.77. The van der Waals surface area contributed by atoms with Crippen molar-refractivity contribution in [3.05, 3.63) is 35.1 Å². The van der Waals surface area contributed by atoms with Crippen molar-refractivity contribution >= 4 is 5.78 Å². The summed E-state index contributed by atoms with van der Waals surface area (Å²) in [5, 5.41) is 0. The van der Waals surface area contributed by atoms with Crippen LogP contribution in [0.1, 0.15) is 22.3 Å². The van der Waals surface area contributed by atoms with Crippen molar-refractivity contribution in [1.82, 2.24) is 0 Å². The molecule has 0 aromatic heterocycles. The van der Waals surface area contributed by atoms with Crippen LogP contribution in [0.4, 0.5) is 4.39 Å². The second-order valence-corrected chi connectivity index (χ2v) is 3.89. The fourth-order valence-corrected chi connectivity index (χ4v) is 1.77. The number of rotatable bonds is 2. The molecule has 1 saturated heterocycles. The highest BCUT2D eigenvalue weighted by Gasteiger charge is 2.24. The molecule has 2 nitrogen and oxygen atoms in total. The smallest absolute Gasteiger partial charge is 0.168 e. The number of Topliss-reactive ketones (excluding diaryl/α,β-unsaturated/α-hetero) is 1. The molecule has 0 spiro atoms. The Bertz CT molecular complexity index is 381. The maximum Gasteiger partial charge on any atom is 0.168 e. The van der Waals surface area contributed by atoms with Crippen molar-refractivity contribution in [3.8, 4) is 0 Å². The topological polar surface area (TPSA) is 26.3 Å². The zero-order valence-corrected chi connectivity index (χ0v) is 8.63. The van der Waals surface area contributed by atoms with Crippen LogP contribution >= 0.6 is 0 Å². The molecule has 0 radical (unpaired) electrons. The molecule has 1 aromatic rings. The molecule has 0 N–H and O–H groups in total. The first kappa shape index (κ1) is 10.3. The maximum absolute atomic E-state index is 13.0. The van der Waals surface area contributed by atoms with Gasteiger partial charge in [0.15, 0.2) is 5.78 Å². The molecule has 1 aliphatic rings. The zero-order chi connectivity index (χ0) is 10.8. The van der Waals surface area contributed by atoms with E-state index in [1.54, 1.807) is 19.1 Å². The van der Waals surface area contributed by atoms with Crippen LogP contribution < -0.4 is 0 Å². The number of ether oxygens (including phenoxy) is 1. The molecule has 0 bridgehead atoms. The summed E-state index contributed by atoms with van der Waals surface area (Å²) in [5.41, 5.74) is 1.10. The van der Waals surface area contributed by atoms with Crippen LogP contribution in [0.2, 0.25) is 0 Å². The summed E-state index contributed by atoms with van der Waals surface area (Å²) in [5.74, 6) is -0.250. The van der Waals surface area contributed by atoms with Gasteiger partial charge in [0.2, 0.25) is 0 Å². The molecule has 0 amide bonds. The molecule has 1 fully saturated rings. The summed E-state index contributed by atoms with van der Waals surface area (Å²) >= 11 is 0.